The van der Waals surface area contributed by atoms with Crippen LogP contribution in [0.25, 0.3) is 10.9 Å². The Kier molecular flexibility index (Phi) is 4.21. The summed E-state index contributed by atoms with van der Waals surface area (Å²) in [5, 5.41) is 3.00. The van der Waals surface area contributed by atoms with E-state index in [0.717, 1.165) is 33.7 Å². The molecule has 0 aliphatic heterocycles. The van der Waals surface area contributed by atoms with Gasteiger partial charge in [0.2, 0.25) is 0 Å². The van der Waals surface area contributed by atoms with E-state index in [9.17, 15) is 0 Å². The Morgan fingerprint density at radius 3 is 2.14 bits per heavy atom. The first-order chi connectivity index (χ1) is 9.92. The molecule has 1 aromatic heterocycles. The molecule has 116 valence electrons. The molecule has 1 aromatic carbocycles. The van der Waals surface area contributed by atoms with Crippen LogP contribution < -0.4 is 19.2 Å². The normalized spacial score (nSPS) is 11.0. The summed E-state index contributed by atoms with van der Waals surface area (Å²) in [7, 11) is 7.31. The molecule has 0 atom stereocenters. The van der Waals surface area contributed by atoms with E-state index < -0.39 is 0 Å². The zero-order chi connectivity index (χ0) is 15.7. The molecule has 5 nitrogen and oxygen atoms in total. The molecule has 21 heavy (non-hydrogen) atoms. The highest BCUT2D eigenvalue weighted by Gasteiger charge is 2.23. The number of hydrogen-bond donors (Lipinski definition) is 0. The number of hydrogen-bond acceptors (Lipinski definition) is 4. The molecule has 1 heterocycles. The van der Waals surface area contributed by atoms with Crippen LogP contribution in [0.3, 0.4) is 0 Å². The van der Waals surface area contributed by atoms with Crippen molar-refractivity contribution in [3.05, 3.63) is 17.8 Å². The molecular formula is C16H24N2O3. The first-order valence-electron chi connectivity index (χ1n) is 7.02. The predicted molar refractivity (Wildman–Crippen MR) is 85.6 cm³/mol. The van der Waals surface area contributed by atoms with Gasteiger partial charge in [0.25, 0.3) is 0 Å². The Balaban J connectivity index is 2.88. The standard InChI is InChI=1S/C16H24N2O3/c1-10(2)21-15-11(3)14(19-6)12-8-9-18(17(4)5)13(12)16(15)20-7/h8-10H,1-7H3. The van der Waals surface area contributed by atoms with Crippen LogP contribution in [0.1, 0.15) is 19.4 Å². The molecule has 0 unspecified atom stereocenters. The third-order valence-electron chi connectivity index (χ3n) is 3.41. The van der Waals surface area contributed by atoms with Crippen molar-refractivity contribution in [3.8, 4) is 17.2 Å². The zero-order valence-electron chi connectivity index (χ0n) is 13.9. The minimum absolute atomic E-state index is 0.0579. The van der Waals surface area contributed by atoms with Gasteiger partial charge in [-0.15, -0.1) is 0 Å². The minimum Gasteiger partial charge on any atom is -0.496 e. The molecule has 5 heteroatoms. The summed E-state index contributed by atoms with van der Waals surface area (Å²) < 4.78 is 19.3. The molecule has 0 saturated carbocycles. The van der Waals surface area contributed by atoms with E-state index in [0.29, 0.717) is 0 Å². The van der Waals surface area contributed by atoms with Crippen LogP contribution in [0.2, 0.25) is 0 Å². The van der Waals surface area contributed by atoms with Gasteiger partial charge >= 0.3 is 0 Å². The number of rotatable bonds is 5. The second-order valence-corrected chi connectivity index (χ2v) is 5.46. The van der Waals surface area contributed by atoms with E-state index in [1.807, 2.05) is 56.8 Å². The van der Waals surface area contributed by atoms with Crippen molar-refractivity contribution in [2.75, 3.05) is 33.3 Å². The van der Waals surface area contributed by atoms with E-state index in [-0.39, 0.29) is 6.10 Å². The molecule has 0 aliphatic carbocycles. The summed E-state index contributed by atoms with van der Waals surface area (Å²) in [4.78, 5) is 0. The van der Waals surface area contributed by atoms with Crippen molar-refractivity contribution in [2.45, 2.75) is 26.9 Å². The lowest BCUT2D eigenvalue weighted by Crippen LogP contribution is -2.23. The van der Waals surface area contributed by atoms with Crippen LogP contribution in [-0.4, -0.2) is 39.1 Å². The molecule has 2 aromatic rings. The van der Waals surface area contributed by atoms with Gasteiger partial charge in [0.05, 0.1) is 20.3 Å². The third-order valence-corrected chi connectivity index (χ3v) is 3.41. The molecule has 0 fully saturated rings. The van der Waals surface area contributed by atoms with Crippen LogP contribution in [0, 0.1) is 6.92 Å². The highest BCUT2D eigenvalue weighted by atomic mass is 16.5. The van der Waals surface area contributed by atoms with Crippen LogP contribution in [0.15, 0.2) is 12.3 Å². The largest absolute Gasteiger partial charge is 0.496 e. The van der Waals surface area contributed by atoms with Crippen LogP contribution in [0.5, 0.6) is 17.2 Å². The number of benzene rings is 1. The Morgan fingerprint density at radius 1 is 1.05 bits per heavy atom. The lowest BCUT2D eigenvalue weighted by atomic mass is 10.1. The lowest BCUT2D eigenvalue weighted by molar-refractivity contribution is 0.228. The van der Waals surface area contributed by atoms with Crippen molar-refractivity contribution in [1.29, 1.82) is 0 Å². The average molecular weight is 292 g/mol. The van der Waals surface area contributed by atoms with Gasteiger partial charge in [-0.25, -0.2) is 0 Å². The molecule has 2 rings (SSSR count). The Morgan fingerprint density at radius 2 is 1.67 bits per heavy atom. The maximum atomic E-state index is 5.98. The molecule has 0 saturated heterocycles. The van der Waals surface area contributed by atoms with E-state index in [1.165, 1.54) is 0 Å². The summed E-state index contributed by atoms with van der Waals surface area (Å²) in [6.07, 6.45) is 2.05. The molecule has 0 N–H and O–H groups in total. The van der Waals surface area contributed by atoms with Crippen molar-refractivity contribution < 1.29 is 14.2 Å². The summed E-state index contributed by atoms with van der Waals surface area (Å²) in [6.45, 7) is 5.99. The van der Waals surface area contributed by atoms with Gasteiger partial charge in [0, 0.05) is 31.2 Å². The highest BCUT2D eigenvalue weighted by Crippen LogP contribution is 2.46. The van der Waals surface area contributed by atoms with E-state index >= 15 is 0 Å². The first-order valence-corrected chi connectivity index (χ1v) is 7.02. The highest BCUT2D eigenvalue weighted by molar-refractivity contribution is 5.96. The van der Waals surface area contributed by atoms with Gasteiger partial charge in [-0.3, -0.25) is 4.68 Å². The SMILES string of the molecule is COc1c(C)c(OC(C)C)c(OC)c2c1ccn2N(C)C. The monoisotopic (exact) mass is 292 g/mol. The minimum atomic E-state index is 0.0579. The zero-order valence-corrected chi connectivity index (χ0v) is 13.9. The summed E-state index contributed by atoms with van der Waals surface area (Å²) in [5.41, 5.74) is 1.90. The van der Waals surface area contributed by atoms with E-state index in [1.54, 1.807) is 14.2 Å². The number of nitrogens with zero attached hydrogens (tertiary/aromatic N) is 2. The first kappa shape index (κ1) is 15.4. The summed E-state index contributed by atoms with van der Waals surface area (Å²) >= 11 is 0. The summed E-state index contributed by atoms with van der Waals surface area (Å²) in [5.74, 6) is 2.29. The molecule has 0 amide bonds. The molecule has 0 radical (unpaired) electrons. The molecule has 0 bridgehead atoms. The number of fused-ring (bicyclic) bond motifs is 1. The smallest absolute Gasteiger partial charge is 0.187 e. The van der Waals surface area contributed by atoms with Crippen LogP contribution in [-0.2, 0) is 0 Å². The fourth-order valence-corrected chi connectivity index (χ4v) is 2.58. The van der Waals surface area contributed by atoms with E-state index in [2.05, 4.69) is 0 Å². The number of ether oxygens (including phenoxy) is 3. The predicted octanol–water partition coefficient (Wildman–Crippen LogP) is 2.95. The Hall–Kier alpha value is -2.04. The van der Waals surface area contributed by atoms with Gasteiger partial charge < -0.3 is 19.2 Å². The fraction of sp³-hybridized carbons (Fsp3) is 0.500. The second kappa shape index (κ2) is 5.76. The van der Waals surface area contributed by atoms with Crippen molar-refractivity contribution >= 4 is 10.9 Å². The van der Waals surface area contributed by atoms with Gasteiger partial charge in [0.1, 0.15) is 11.3 Å². The molecule has 0 spiro atoms. The molecular weight excluding hydrogens is 268 g/mol. The maximum Gasteiger partial charge on any atom is 0.187 e. The van der Waals surface area contributed by atoms with Crippen molar-refractivity contribution in [3.63, 3.8) is 0 Å². The number of methoxy groups -OCH3 is 2. The quantitative estimate of drug-likeness (QED) is 0.849. The van der Waals surface area contributed by atoms with Crippen LogP contribution >= 0.6 is 0 Å². The Labute approximate surface area is 126 Å². The number of aromatic nitrogens is 1. The maximum absolute atomic E-state index is 5.98. The fourth-order valence-electron chi connectivity index (χ4n) is 2.58. The van der Waals surface area contributed by atoms with Crippen molar-refractivity contribution in [1.82, 2.24) is 4.68 Å². The second-order valence-electron chi connectivity index (χ2n) is 5.46. The van der Waals surface area contributed by atoms with Gasteiger partial charge in [-0.2, -0.15) is 0 Å². The van der Waals surface area contributed by atoms with Gasteiger partial charge in [0.15, 0.2) is 11.5 Å². The van der Waals surface area contributed by atoms with Crippen LogP contribution in [0.4, 0.5) is 0 Å². The average Bonchev–Trinajstić information content (AvgIpc) is 2.84. The summed E-state index contributed by atoms with van der Waals surface area (Å²) in [6, 6.07) is 2.03. The third kappa shape index (κ3) is 2.48. The Bertz CT molecular complexity index is 645. The lowest BCUT2D eigenvalue weighted by Gasteiger charge is -2.22. The van der Waals surface area contributed by atoms with Gasteiger partial charge in [-0.1, -0.05) is 0 Å². The topological polar surface area (TPSA) is 35.9 Å². The van der Waals surface area contributed by atoms with E-state index in [4.69, 9.17) is 14.2 Å². The van der Waals surface area contributed by atoms with Crippen molar-refractivity contribution in [2.24, 2.45) is 0 Å². The molecule has 0 aliphatic rings. The van der Waals surface area contributed by atoms with Gasteiger partial charge in [-0.05, 0) is 26.8 Å².